The molecule has 0 aromatic carbocycles. The Labute approximate surface area is 88.0 Å². The summed E-state index contributed by atoms with van der Waals surface area (Å²) in [6, 6.07) is 0. The lowest BCUT2D eigenvalue weighted by molar-refractivity contribution is -0.196. The Bertz CT molecular complexity index is 164. The first-order chi connectivity index (χ1) is 6.74. The number of rotatable bonds is 8. The Hall–Kier alpha value is -0.520. The molecule has 0 bridgehead atoms. The molecule has 82 valence electrons. The van der Waals surface area contributed by atoms with Gasteiger partial charge in [0, 0.05) is 19.6 Å². The molecule has 0 N–H and O–H groups in total. The number of terminal acetylenes is 1. The van der Waals surface area contributed by atoms with E-state index in [-0.39, 0.29) is 0 Å². The predicted molar refractivity (Wildman–Crippen MR) is 59.0 cm³/mol. The number of ether oxygens (including phenoxy) is 2. The van der Waals surface area contributed by atoms with Crippen LogP contribution in [-0.2, 0) is 9.47 Å². The van der Waals surface area contributed by atoms with Gasteiger partial charge in [-0.15, -0.1) is 6.42 Å². The molecule has 0 atom stereocenters. The van der Waals surface area contributed by atoms with Gasteiger partial charge >= 0.3 is 0 Å². The zero-order chi connectivity index (χ0) is 10.9. The standard InChI is InChI=1S/C12H22O2/c1-5-9-10-11-12(6-2,13-7-3)14-8-4/h2H,5,7-11H2,1,3-4H3. The van der Waals surface area contributed by atoms with E-state index in [2.05, 4.69) is 12.8 Å². The molecule has 0 unspecified atom stereocenters. The largest absolute Gasteiger partial charge is 0.340 e. The molecule has 0 aliphatic rings. The van der Waals surface area contributed by atoms with Crippen LogP contribution in [0.1, 0.15) is 46.5 Å². The van der Waals surface area contributed by atoms with Crippen LogP contribution in [-0.4, -0.2) is 19.0 Å². The number of hydrogen-bond donors (Lipinski definition) is 0. The van der Waals surface area contributed by atoms with Crippen molar-refractivity contribution in [3.63, 3.8) is 0 Å². The fraction of sp³-hybridized carbons (Fsp3) is 0.833. The normalized spacial score (nSPS) is 11.3. The van der Waals surface area contributed by atoms with Gasteiger partial charge in [-0.25, -0.2) is 0 Å². The summed E-state index contributed by atoms with van der Waals surface area (Å²) in [5.41, 5.74) is 0. The first kappa shape index (κ1) is 13.5. The Kier molecular flexibility index (Phi) is 7.55. The van der Waals surface area contributed by atoms with Gasteiger partial charge in [0.1, 0.15) is 0 Å². The average Bonchev–Trinajstić information content (AvgIpc) is 2.19. The van der Waals surface area contributed by atoms with Crippen LogP contribution in [0.25, 0.3) is 0 Å². The lowest BCUT2D eigenvalue weighted by atomic mass is 10.1. The summed E-state index contributed by atoms with van der Waals surface area (Å²) >= 11 is 0. The summed E-state index contributed by atoms with van der Waals surface area (Å²) in [5.74, 6) is 1.85. The fourth-order valence-corrected chi connectivity index (χ4v) is 1.42. The van der Waals surface area contributed by atoms with E-state index in [0.29, 0.717) is 13.2 Å². The van der Waals surface area contributed by atoms with Gasteiger partial charge < -0.3 is 9.47 Å². The molecule has 0 saturated carbocycles. The second-order valence-corrected chi connectivity index (χ2v) is 3.22. The minimum absolute atomic E-state index is 0.594. The summed E-state index contributed by atoms with van der Waals surface area (Å²) in [6.45, 7) is 7.22. The highest BCUT2D eigenvalue weighted by Crippen LogP contribution is 2.20. The molecule has 2 heteroatoms. The molecule has 0 spiro atoms. The second-order valence-electron chi connectivity index (χ2n) is 3.22. The molecule has 14 heavy (non-hydrogen) atoms. The van der Waals surface area contributed by atoms with Gasteiger partial charge in [0.15, 0.2) is 0 Å². The lowest BCUT2D eigenvalue weighted by Crippen LogP contribution is -2.34. The van der Waals surface area contributed by atoms with E-state index in [4.69, 9.17) is 15.9 Å². The van der Waals surface area contributed by atoms with Crippen LogP contribution in [0.4, 0.5) is 0 Å². The summed E-state index contributed by atoms with van der Waals surface area (Å²) in [7, 11) is 0. The molecule has 0 fully saturated rings. The van der Waals surface area contributed by atoms with Crippen molar-refractivity contribution in [2.24, 2.45) is 0 Å². The Balaban J connectivity index is 4.12. The Morgan fingerprint density at radius 2 is 1.64 bits per heavy atom. The molecule has 0 radical (unpaired) electrons. The van der Waals surface area contributed by atoms with Crippen molar-refractivity contribution in [2.45, 2.75) is 52.2 Å². The minimum atomic E-state index is -0.779. The number of unbranched alkanes of at least 4 members (excludes halogenated alkanes) is 2. The van der Waals surface area contributed by atoms with E-state index >= 15 is 0 Å². The summed E-state index contributed by atoms with van der Waals surface area (Å²) < 4.78 is 11.0. The zero-order valence-electron chi connectivity index (χ0n) is 9.64. The molecule has 0 aliphatic heterocycles. The van der Waals surface area contributed by atoms with Crippen LogP contribution in [0.3, 0.4) is 0 Å². The minimum Gasteiger partial charge on any atom is -0.340 e. The maximum absolute atomic E-state index is 5.51. The number of hydrogen-bond acceptors (Lipinski definition) is 2. The monoisotopic (exact) mass is 198 g/mol. The van der Waals surface area contributed by atoms with Gasteiger partial charge in [-0.2, -0.15) is 0 Å². The highest BCUT2D eigenvalue weighted by atomic mass is 16.7. The fourth-order valence-electron chi connectivity index (χ4n) is 1.42. The highest BCUT2D eigenvalue weighted by Gasteiger charge is 2.27. The molecule has 0 heterocycles. The molecule has 0 rings (SSSR count). The van der Waals surface area contributed by atoms with Gasteiger partial charge in [-0.05, 0) is 26.2 Å². The van der Waals surface area contributed by atoms with Crippen molar-refractivity contribution in [1.29, 1.82) is 0 Å². The highest BCUT2D eigenvalue weighted by molar-refractivity contribution is 5.02. The molecule has 0 aromatic heterocycles. The lowest BCUT2D eigenvalue weighted by Gasteiger charge is -2.27. The topological polar surface area (TPSA) is 18.5 Å². The third kappa shape index (κ3) is 4.64. The molecule has 0 saturated heterocycles. The van der Waals surface area contributed by atoms with E-state index < -0.39 is 5.79 Å². The van der Waals surface area contributed by atoms with Crippen LogP contribution in [0, 0.1) is 12.3 Å². The zero-order valence-corrected chi connectivity index (χ0v) is 9.64. The van der Waals surface area contributed by atoms with Crippen LogP contribution < -0.4 is 0 Å². The Morgan fingerprint density at radius 3 is 2.00 bits per heavy atom. The molecule has 0 amide bonds. The van der Waals surface area contributed by atoms with Crippen LogP contribution in [0.5, 0.6) is 0 Å². The van der Waals surface area contributed by atoms with Gasteiger partial charge in [-0.3, -0.25) is 0 Å². The van der Waals surface area contributed by atoms with Crippen molar-refractivity contribution in [3.8, 4) is 12.3 Å². The van der Waals surface area contributed by atoms with Gasteiger partial charge in [0.2, 0.25) is 5.79 Å². The van der Waals surface area contributed by atoms with Gasteiger partial charge in [0.05, 0.1) is 0 Å². The van der Waals surface area contributed by atoms with E-state index in [1.807, 2.05) is 13.8 Å². The van der Waals surface area contributed by atoms with E-state index in [1.54, 1.807) is 0 Å². The average molecular weight is 198 g/mol. The maximum Gasteiger partial charge on any atom is 0.233 e. The van der Waals surface area contributed by atoms with E-state index in [9.17, 15) is 0 Å². The molecular formula is C12H22O2. The van der Waals surface area contributed by atoms with Crippen molar-refractivity contribution < 1.29 is 9.47 Å². The van der Waals surface area contributed by atoms with Crippen LogP contribution in [0.2, 0.25) is 0 Å². The van der Waals surface area contributed by atoms with E-state index in [0.717, 1.165) is 12.8 Å². The van der Waals surface area contributed by atoms with Crippen molar-refractivity contribution in [1.82, 2.24) is 0 Å². The van der Waals surface area contributed by atoms with Crippen molar-refractivity contribution >= 4 is 0 Å². The third-order valence-corrected chi connectivity index (χ3v) is 2.08. The van der Waals surface area contributed by atoms with Crippen molar-refractivity contribution in [2.75, 3.05) is 13.2 Å². The van der Waals surface area contributed by atoms with Crippen LogP contribution >= 0.6 is 0 Å². The smallest absolute Gasteiger partial charge is 0.233 e. The quantitative estimate of drug-likeness (QED) is 0.339. The summed E-state index contributed by atoms with van der Waals surface area (Å²) in [4.78, 5) is 0. The first-order valence-electron chi connectivity index (χ1n) is 5.50. The maximum atomic E-state index is 5.51. The SMILES string of the molecule is C#CC(CCCCC)(OCC)OCC. The van der Waals surface area contributed by atoms with E-state index in [1.165, 1.54) is 12.8 Å². The summed E-state index contributed by atoms with van der Waals surface area (Å²) in [5, 5.41) is 0. The second kappa shape index (κ2) is 7.84. The predicted octanol–water partition coefficient (Wildman–Crippen LogP) is 2.97. The molecular weight excluding hydrogens is 176 g/mol. The van der Waals surface area contributed by atoms with Gasteiger partial charge in [0.25, 0.3) is 0 Å². The molecule has 0 aliphatic carbocycles. The summed E-state index contributed by atoms with van der Waals surface area (Å²) in [6.07, 6.45) is 9.66. The first-order valence-corrected chi connectivity index (χ1v) is 5.50. The van der Waals surface area contributed by atoms with Crippen molar-refractivity contribution in [3.05, 3.63) is 0 Å². The molecule has 0 aromatic rings. The third-order valence-electron chi connectivity index (χ3n) is 2.08. The van der Waals surface area contributed by atoms with Crippen LogP contribution in [0.15, 0.2) is 0 Å². The Morgan fingerprint density at radius 1 is 1.07 bits per heavy atom. The van der Waals surface area contributed by atoms with Gasteiger partial charge in [-0.1, -0.05) is 19.8 Å². The molecule has 2 nitrogen and oxygen atoms in total.